The fraction of sp³-hybridized carbons (Fsp3) is 0.375. The highest BCUT2D eigenvalue weighted by atomic mass is 16.2. The standard InChI is InChI=1S/C16H21N3O2/c1-5-11-19(4)16(21)18-14-9-7-13(8-10-14)15(20)17-12(3)6-2/h1,7-10,12H,6,11H2,2-4H3,(H,17,20)(H,18,21)/t12-/m0/s1. The van der Waals surface area contributed by atoms with Crippen molar-refractivity contribution in [2.75, 3.05) is 18.9 Å². The fourth-order valence-electron chi connectivity index (χ4n) is 1.54. The quantitative estimate of drug-likeness (QED) is 0.816. The minimum Gasteiger partial charge on any atom is -0.350 e. The number of anilines is 1. The summed E-state index contributed by atoms with van der Waals surface area (Å²) in [5, 5.41) is 5.59. The summed E-state index contributed by atoms with van der Waals surface area (Å²) in [6.07, 6.45) is 6.03. The maximum Gasteiger partial charge on any atom is 0.322 e. The van der Waals surface area contributed by atoms with E-state index in [1.165, 1.54) is 4.90 Å². The van der Waals surface area contributed by atoms with Gasteiger partial charge in [-0.3, -0.25) is 4.79 Å². The zero-order valence-corrected chi connectivity index (χ0v) is 12.6. The van der Waals surface area contributed by atoms with Gasteiger partial charge in [-0.05, 0) is 37.6 Å². The molecule has 0 saturated heterocycles. The summed E-state index contributed by atoms with van der Waals surface area (Å²) < 4.78 is 0. The molecular formula is C16H21N3O2. The van der Waals surface area contributed by atoms with E-state index in [4.69, 9.17) is 6.42 Å². The van der Waals surface area contributed by atoms with Crippen molar-refractivity contribution < 1.29 is 9.59 Å². The van der Waals surface area contributed by atoms with Crippen LogP contribution < -0.4 is 10.6 Å². The van der Waals surface area contributed by atoms with Crippen LogP contribution in [-0.4, -0.2) is 36.5 Å². The fourth-order valence-corrected chi connectivity index (χ4v) is 1.54. The zero-order valence-electron chi connectivity index (χ0n) is 12.6. The lowest BCUT2D eigenvalue weighted by molar-refractivity contribution is 0.0939. The van der Waals surface area contributed by atoms with Gasteiger partial charge < -0.3 is 15.5 Å². The van der Waals surface area contributed by atoms with Crippen molar-refractivity contribution in [3.63, 3.8) is 0 Å². The number of terminal acetylenes is 1. The predicted octanol–water partition coefficient (Wildman–Crippen LogP) is 2.31. The van der Waals surface area contributed by atoms with E-state index in [-0.39, 0.29) is 24.5 Å². The highest BCUT2D eigenvalue weighted by Crippen LogP contribution is 2.10. The van der Waals surface area contributed by atoms with E-state index in [1.54, 1.807) is 31.3 Å². The summed E-state index contributed by atoms with van der Waals surface area (Å²) in [7, 11) is 1.61. The van der Waals surface area contributed by atoms with Crippen LogP contribution in [0.25, 0.3) is 0 Å². The van der Waals surface area contributed by atoms with E-state index >= 15 is 0 Å². The Bertz CT molecular complexity index is 531. The summed E-state index contributed by atoms with van der Waals surface area (Å²) in [6.45, 7) is 4.20. The van der Waals surface area contributed by atoms with Gasteiger partial charge in [-0.25, -0.2) is 4.79 Å². The van der Waals surface area contributed by atoms with Crippen LogP contribution >= 0.6 is 0 Å². The van der Waals surface area contributed by atoms with Gasteiger partial charge in [-0.15, -0.1) is 6.42 Å². The average Bonchev–Trinajstić information content (AvgIpc) is 2.47. The summed E-state index contributed by atoms with van der Waals surface area (Å²) >= 11 is 0. The van der Waals surface area contributed by atoms with Gasteiger partial charge in [0.25, 0.3) is 5.91 Å². The first-order valence-electron chi connectivity index (χ1n) is 6.84. The maximum absolute atomic E-state index is 11.9. The number of carbonyl (C=O) groups is 2. The lowest BCUT2D eigenvalue weighted by Crippen LogP contribution is -2.32. The molecule has 0 spiro atoms. The van der Waals surface area contributed by atoms with Crippen LogP contribution in [0.1, 0.15) is 30.6 Å². The van der Waals surface area contributed by atoms with Crippen LogP contribution in [-0.2, 0) is 0 Å². The molecule has 1 rings (SSSR count). The van der Waals surface area contributed by atoms with Crippen LogP contribution in [0.4, 0.5) is 10.5 Å². The molecule has 0 bridgehead atoms. The van der Waals surface area contributed by atoms with E-state index in [2.05, 4.69) is 16.6 Å². The predicted molar refractivity (Wildman–Crippen MR) is 84.1 cm³/mol. The lowest BCUT2D eigenvalue weighted by Gasteiger charge is -2.15. The molecule has 0 saturated carbocycles. The van der Waals surface area contributed by atoms with Gasteiger partial charge in [0.2, 0.25) is 0 Å². The molecule has 0 unspecified atom stereocenters. The van der Waals surface area contributed by atoms with Crippen molar-refractivity contribution in [1.29, 1.82) is 0 Å². The van der Waals surface area contributed by atoms with E-state index in [9.17, 15) is 9.59 Å². The molecule has 21 heavy (non-hydrogen) atoms. The third-order valence-electron chi connectivity index (χ3n) is 3.06. The van der Waals surface area contributed by atoms with Gasteiger partial charge in [0.15, 0.2) is 0 Å². The molecule has 1 atom stereocenters. The Morgan fingerprint density at radius 3 is 2.48 bits per heavy atom. The van der Waals surface area contributed by atoms with Crippen LogP contribution in [0.15, 0.2) is 24.3 Å². The molecule has 0 aliphatic rings. The number of nitrogens with one attached hydrogen (secondary N) is 2. The van der Waals surface area contributed by atoms with E-state index < -0.39 is 0 Å². The van der Waals surface area contributed by atoms with Gasteiger partial charge >= 0.3 is 6.03 Å². The number of urea groups is 1. The summed E-state index contributed by atoms with van der Waals surface area (Å²) in [4.78, 5) is 25.0. The molecule has 3 amide bonds. The molecule has 5 heteroatoms. The maximum atomic E-state index is 11.9. The third kappa shape index (κ3) is 5.19. The number of nitrogens with zero attached hydrogens (tertiary/aromatic N) is 1. The minimum absolute atomic E-state index is 0.119. The molecular weight excluding hydrogens is 266 g/mol. The third-order valence-corrected chi connectivity index (χ3v) is 3.06. The second-order valence-electron chi connectivity index (χ2n) is 4.85. The molecule has 0 heterocycles. The summed E-state index contributed by atoms with van der Waals surface area (Å²) in [5.41, 5.74) is 1.18. The Morgan fingerprint density at radius 1 is 1.33 bits per heavy atom. The highest BCUT2D eigenvalue weighted by molar-refractivity contribution is 5.95. The van der Waals surface area contributed by atoms with E-state index in [0.717, 1.165) is 6.42 Å². The summed E-state index contributed by atoms with van der Waals surface area (Å²) in [5.74, 6) is 2.28. The Labute approximate surface area is 125 Å². The average molecular weight is 287 g/mol. The number of rotatable bonds is 5. The van der Waals surface area contributed by atoms with Gasteiger partial charge in [0.1, 0.15) is 0 Å². The topological polar surface area (TPSA) is 61.4 Å². The Kier molecular flexibility index (Phi) is 6.28. The first kappa shape index (κ1) is 16.6. The number of amides is 3. The Morgan fingerprint density at radius 2 is 1.95 bits per heavy atom. The van der Waals surface area contributed by atoms with Crippen molar-refractivity contribution >= 4 is 17.6 Å². The molecule has 0 fully saturated rings. The van der Waals surface area contributed by atoms with Crippen molar-refractivity contribution in [2.45, 2.75) is 26.3 Å². The highest BCUT2D eigenvalue weighted by Gasteiger charge is 2.10. The molecule has 0 aliphatic carbocycles. The molecule has 5 nitrogen and oxygen atoms in total. The van der Waals surface area contributed by atoms with Crippen molar-refractivity contribution in [3.05, 3.63) is 29.8 Å². The molecule has 1 aromatic carbocycles. The van der Waals surface area contributed by atoms with Crippen LogP contribution in [0, 0.1) is 12.3 Å². The molecule has 0 aromatic heterocycles. The number of hydrogen-bond acceptors (Lipinski definition) is 2. The minimum atomic E-state index is -0.287. The normalized spacial score (nSPS) is 11.1. The lowest BCUT2D eigenvalue weighted by atomic mass is 10.1. The van der Waals surface area contributed by atoms with E-state index in [0.29, 0.717) is 11.3 Å². The van der Waals surface area contributed by atoms with Gasteiger partial charge in [-0.1, -0.05) is 12.8 Å². The Balaban J connectivity index is 2.64. The molecule has 0 aliphatic heterocycles. The first-order chi connectivity index (χ1) is 9.97. The monoisotopic (exact) mass is 287 g/mol. The smallest absolute Gasteiger partial charge is 0.322 e. The van der Waals surface area contributed by atoms with Crippen molar-refractivity contribution in [1.82, 2.24) is 10.2 Å². The second kappa shape index (κ2) is 7.95. The summed E-state index contributed by atoms with van der Waals surface area (Å²) in [6, 6.07) is 6.57. The first-order valence-corrected chi connectivity index (χ1v) is 6.84. The van der Waals surface area contributed by atoms with Gasteiger partial charge in [0, 0.05) is 24.3 Å². The van der Waals surface area contributed by atoms with Crippen molar-refractivity contribution in [2.24, 2.45) is 0 Å². The second-order valence-corrected chi connectivity index (χ2v) is 4.85. The molecule has 112 valence electrons. The number of carbonyl (C=O) groups excluding carboxylic acids is 2. The SMILES string of the molecule is C#CCN(C)C(=O)Nc1ccc(C(=O)N[C@@H](C)CC)cc1. The van der Waals surface area contributed by atoms with Crippen LogP contribution in [0.5, 0.6) is 0 Å². The molecule has 2 N–H and O–H groups in total. The Hall–Kier alpha value is -2.48. The number of benzene rings is 1. The molecule has 0 radical (unpaired) electrons. The zero-order chi connectivity index (χ0) is 15.8. The van der Waals surface area contributed by atoms with Gasteiger partial charge in [0.05, 0.1) is 6.54 Å². The molecule has 1 aromatic rings. The number of hydrogen-bond donors (Lipinski definition) is 2. The van der Waals surface area contributed by atoms with Crippen LogP contribution in [0.3, 0.4) is 0 Å². The van der Waals surface area contributed by atoms with Crippen LogP contribution in [0.2, 0.25) is 0 Å². The van der Waals surface area contributed by atoms with Crippen molar-refractivity contribution in [3.8, 4) is 12.3 Å². The van der Waals surface area contributed by atoms with E-state index in [1.807, 2.05) is 13.8 Å². The van der Waals surface area contributed by atoms with Gasteiger partial charge in [-0.2, -0.15) is 0 Å². The largest absolute Gasteiger partial charge is 0.350 e.